The van der Waals surface area contributed by atoms with Gasteiger partial charge < -0.3 is 0 Å². The summed E-state index contributed by atoms with van der Waals surface area (Å²) in [6, 6.07) is 13.1. The largest absolute Gasteiger partial charge is 0.226 e. The molecule has 0 atom stereocenters. The Bertz CT molecular complexity index is 685. The highest BCUT2D eigenvalue weighted by Crippen LogP contribution is 2.18. The Kier molecular flexibility index (Phi) is 2.84. The van der Waals surface area contributed by atoms with E-state index in [4.69, 9.17) is 0 Å². The summed E-state index contributed by atoms with van der Waals surface area (Å²) < 4.78 is 16.3. The predicted octanol–water partition coefficient (Wildman–Crippen LogP) is 3.68. The molecule has 1 heterocycles. The highest BCUT2D eigenvalue weighted by atomic mass is 32.1. The van der Waals surface area contributed by atoms with Gasteiger partial charge in [-0.2, -0.15) is 4.57 Å². The minimum Gasteiger partial charge on any atom is -0.207 e. The summed E-state index contributed by atoms with van der Waals surface area (Å²) in [6.07, 6.45) is 0. The number of thiazole rings is 1. The molecule has 18 heavy (non-hydrogen) atoms. The van der Waals surface area contributed by atoms with Gasteiger partial charge in [-0.3, -0.25) is 0 Å². The SMILES string of the molecule is Cc1ccc2c(c1)sc[n+]2Cc1ccc(F)cc1. The van der Waals surface area contributed by atoms with Crippen molar-refractivity contribution in [3.05, 3.63) is 64.9 Å². The molecule has 0 unspecified atom stereocenters. The van der Waals surface area contributed by atoms with Gasteiger partial charge in [0.15, 0.2) is 6.54 Å². The molecule has 0 amide bonds. The summed E-state index contributed by atoms with van der Waals surface area (Å²) in [5.74, 6) is -0.186. The number of hydrogen-bond acceptors (Lipinski definition) is 1. The molecule has 3 rings (SSSR count). The van der Waals surface area contributed by atoms with E-state index in [-0.39, 0.29) is 5.82 Å². The third-order valence-corrected chi connectivity index (χ3v) is 3.94. The number of hydrogen-bond donors (Lipinski definition) is 0. The maximum atomic E-state index is 12.9. The first-order chi connectivity index (χ1) is 8.72. The van der Waals surface area contributed by atoms with Gasteiger partial charge in [-0.15, -0.1) is 0 Å². The number of fused-ring (bicyclic) bond motifs is 1. The van der Waals surface area contributed by atoms with Crippen LogP contribution in [0, 0.1) is 12.7 Å². The van der Waals surface area contributed by atoms with Crippen LogP contribution in [0.1, 0.15) is 11.1 Å². The van der Waals surface area contributed by atoms with Crippen LogP contribution < -0.4 is 4.57 Å². The van der Waals surface area contributed by atoms with E-state index in [1.807, 2.05) is 12.1 Å². The molecule has 90 valence electrons. The van der Waals surface area contributed by atoms with Crippen molar-refractivity contribution in [1.82, 2.24) is 0 Å². The number of benzene rings is 2. The second-order valence-electron chi connectivity index (χ2n) is 4.45. The van der Waals surface area contributed by atoms with Crippen molar-refractivity contribution in [2.75, 3.05) is 0 Å². The lowest BCUT2D eigenvalue weighted by Gasteiger charge is -1.97. The summed E-state index contributed by atoms with van der Waals surface area (Å²) >= 11 is 1.74. The number of rotatable bonds is 2. The van der Waals surface area contributed by atoms with Crippen LogP contribution in [0.5, 0.6) is 0 Å². The summed E-state index contributed by atoms with van der Waals surface area (Å²) in [6.45, 7) is 2.88. The van der Waals surface area contributed by atoms with Gasteiger partial charge in [0.2, 0.25) is 11.0 Å². The molecule has 0 bridgehead atoms. The van der Waals surface area contributed by atoms with Gasteiger partial charge >= 0.3 is 0 Å². The van der Waals surface area contributed by atoms with E-state index in [1.165, 1.54) is 27.9 Å². The van der Waals surface area contributed by atoms with Crippen LogP contribution in [0.4, 0.5) is 4.39 Å². The predicted molar refractivity (Wildman–Crippen MR) is 72.3 cm³/mol. The molecule has 1 aromatic heterocycles. The van der Waals surface area contributed by atoms with Gasteiger partial charge in [0.25, 0.3) is 0 Å². The fraction of sp³-hybridized carbons (Fsp3) is 0.133. The highest BCUT2D eigenvalue weighted by molar-refractivity contribution is 7.16. The third-order valence-electron chi connectivity index (χ3n) is 3.00. The molecule has 0 N–H and O–H groups in total. The van der Waals surface area contributed by atoms with Gasteiger partial charge in [-0.05, 0) is 42.8 Å². The van der Waals surface area contributed by atoms with Crippen molar-refractivity contribution < 1.29 is 8.96 Å². The van der Waals surface area contributed by atoms with E-state index in [2.05, 4.69) is 35.2 Å². The molecule has 0 saturated heterocycles. The average molecular weight is 258 g/mol. The number of aryl methyl sites for hydroxylation is 1. The Morgan fingerprint density at radius 2 is 1.89 bits per heavy atom. The zero-order valence-corrected chi connectivity index (χ0v) is 10.9. The molecular weight excluding hydrogens is 245 g/mol. The molecule has 0 radical (unpaired) electrons. The Labute approximate surface area is 109 Å². The van der Waals surface area contributed by atoms with Crippen LogP contribution in [0.15, 0.2) is 48.0 Å². The minimum absolute atomic E-state index is 0.186. The van der Waals surface area contributed by atoms with Crippen LogP contribution in [-0.4, -0.2) is 0 Å². The van der Waals surface area contributed by atoms with Crippen LogP contribution in [0.2, 0.25) is 0 Å². The quantitative estimate of drug-likeness (QED) is 0.617. The van der Waals surface area contributed by atoms with E-state index in [0.717, 1.165) is 12.1 Å². The van der Waals surface area contributed by atoms with Crippen molar-refractivity contribution in [1.29, 1.82) is 0 Å². The maximum Gasteiger partial charge on any atom is 0.226 e. The zero-order chi connectivity index (χ0) is 12.5. The number of nitrogens with zero attached hydrogens (tertiary/aromatic N) is 1. The van der Waals surface area contributed by atoms with Crippen LogP contribution in [0.25, 0.3) is 10.2 Å². The fourth-order valence-corrected chi connectivity index (χ4v) is 3.03. The van der Waals surface area contributed by atoms with Crippen LogP contribution >= 0.6 is 11.3 Å². The van der Waals surface area contributed by atoms with Gasteiger partial charge in [-0.25, -0.2) is 4.39 Å². The topological polar surface area (TPSA) is 3.88 Å². The normalized spacial score (nSPS) is 11.0. The summed E-state index contributed by atoms with van der Waals surface area (Å²) in [5, 5.41) is 0. The Morgan fingerprint density at radius 3 is 2.67 bits per heavy atom. The van der Waals surface area contributed by atoms with Crippen LogP contribution in [0.3, 0.4) is 0 Å². The monoisotopic (exact) mass is 258 g/mol. The van der Waals surface area contributed by atoms with Gasteiger partial charge in [-0.1, -0.05) is 17.4 Å². The van der Waals surface area contributed by atoms with Crippen molar-refractivity contribution in [3.63, 3.8) is 0 Å². The highest BCUT2D eigenvalue weighted by Gasteiger charge is 2.12. The summed E-state index contributed by atoms with van der Waals surface area (Å²) in [7, 11) is 0. The Balaban J connectivity index is 1.97. The smallest absolute Gasteiger partial charge is 0.207 e. The summed E-state index contributed by atoms with van der Waals surface area (Å²) in [4.78, 5) is 0. The molecule has 3 aromatic rings. The molecule has 0 aliphatic carbocycles. The third kappa shape index (κ3) is 2.14. The molecule has 0 spiro atoms. The lowest BCUT2D eigenvalue weighted by Crippen LogP contribution is -2.31. The molecule has 0 aliphatic heterocycles. The van der Waals surface area contributed by atoms with E-state index < -0.39 is 0 Å². The number of halogens is 1. The molecule has 0 saturated carbocycles. The lowest BCUT2D eigenvalue weighted by molar-refractivity contribution is -0.658. The maximum absolute atomic E-state index is 12.9. The standard InChI is InChI=1S/C15H13FNS/c1-11-2-7-14-15(8-11)18-10-17(14)9-12-3-5-13(16)6-4-12/h2-8,10H,9H2,1H3/q+1. The minimum atomic E-state index is -0.186. The fourth-order valence-electron chi connectivity index (χ4n) is 2.04. The molecule has 3 heteroatoms. The molecule has 1 nitrogen and oxygen atoms in total. The van der Waals surface area contributed by atoms with Crippen molar-refractivity contribution >= 4 is 21.6 Å². The average Bonchev–Trinajstić information content (AvgIpc) is 2.74. The Hall–Kier alpha value is -1.74. The van der Waals surface area contributed by atoms with Crippen molar-refractivity contribution in [2.45, 2.75) is 13.5 Å². The van der Waals surface area contributed by atoms with Crippen molar-refractivity contribution in [2.24, 2.45) is 0 Å². The molecular formula is C15H13FNS+. The van der Waals surface area contributed by atoms with Gasteiger partial charge in [0, 0.05) is 11.6 Å². The van der Waals surface area contributed by atoms with E-state index in [0.29, 0.717) is 0 Å². The molecule has 2 aromatic carbocycles. The first kappa shape index (κ1) is 11.4. The lowest BCUT2D eigenvalue weighted by atomic mass is 10.2. The zero-order valence-electron chi connectivity index (χ0n) is 10.1. The van der Waals surface area contributed by atoms with E-state index >= 15 is 0 Å². The molecule has 0 aliphatic rings. The van der Waals surface area contributed by atoms with E-state index in [9.17, 15) is 4.39 Å². The number of aromatic nitrogens is 1. The van der Waals surface area contributed by atoms with Crippen molar-refractivity contribution in [3.8, 4) is 0 Å². The first-order valence-corrected chi connectivity index (χ1v) is 6.72. The van der Waals surface area contributed by atoms with Gasteiger partial charge in [0.05, 0.1) is 0 Å². The van der Waals surface area contributed by atoms with E-state index in [1.54, 1.807) is 11.3 Å². The second-order valence-corrected chi connectivity index (χ2v) is 5.34. The van der Waals surface area contributed by atoms with Crippen LogP contribution in [-0.2, 0) is 6.54 Å². The summed E-state index contributed by atoms with van der Waals surface area (Å²) in [5.41, 5.74) is 5.74. The molecule has 0 fully saturated rings. The van der Waals surface area contributed by atoms with Gasteiger partial charge in [0.1, 0.15) is 10.5 Å². The first-order valence-electron chi connectivity index (χ1n) is 5.84. The second kappa shape index (κ2) is 4.50. The Morgan fingerprint density at radius 1 is 1.11 bits per heavy atom.